The average molecular weight is 340 g/mol. The van der Waals surface area contributed by atoms with Crippen molar-refractivity contribution in [2.75, 3.05) is 39.3 Å². The van der Waals surface area contributed by atoms with Crippen molar-refractivity contribution in [3.8, 4) is 11.3 Å². The zero-order chi connectivity index (χ0) is 17.8. The van der Waals surface area contributed by atoms with Gasteiger partial charge in [-0.1, -0.05) is 12.1 Å². The van der Waals surface area contributed by atoms with E-state index in [1.54, 1.807) is 7.11 Å². The lowest BCUT2D eigenvalue weighted by Gasteiger charge is -2.24. The maximum atomic E-state index is 12.9. The number of hydrogen-bond acceptors (Lipinski definition) is 5. The Labute approximate surface area is 148 Å². The maximum Gasteiger partial charge on any atom is 0.254 e. The van der Waals surface area contributed by atoms with E-state index in [2.05, 4.69) is 10.2 Å². The van der Waals surface area contributed by atoms with Crippen molar-refractivity contribution in [2.24, 2.45) is 0 Å². The van der Waals surface area contributed by atoms with Crippen LogP contribution in [0.1, 0.15) is 23.2 Å². The van der Waals surface area contributed by atoms with Crippen molar-refractivity contribution in [1.82, 2.24) is 15.1 Å². The maximum absolute atomic E-state index is 12.9. The van der Waals surface area contributed by atoms with Gasteiger partial charge in [0.2, 0.25) is 0 Å². The van der Waals surface area contributed by atoms with Gasteiger partial charge in [-0.15, -0.1) is 10.2 Å². The highest BCUT2D eigenvalue weighted by Crippen LogP contribution is 2.23. The van der Waals surface area contributed by atoms with Crippen LogP contribution in [0.4, 0.5) is 5.82 Å². The van der Waals surface area contributed by atoms with Gasteiger partial charge in [-0.3, -0.25) is 4.79 Å². The molecule has 6 nitrogen and oxygen atoms in total. The van der Waals surface area contributed by atoms with Crippen LogP contribution in [0, 0.1) is 0 Å². The summed E-state index contributed by atoms with van der Waals surface area (Å²) < 4.78 is 5.25. The molecular formula is C19H24N4O2. The zero-order valence-electron chi connectivity index (χ0n) is 15.0. The number of benzene rings is 1. The second-order valence-electron chi connectivity index (χ2n) is 6.50. The Morgan fingerprint density at radius 1 is 1.28 bits per heavy atom. The minimum atomic E-state index is 0.0549. The van der Waals surface area contributed by atoms with Gasteiger partial charge in [-0.05, 0) is 37.1 Å². The lowest BCUT2D eigenvalue weighted by molar-refractivity contribution is 0.0630. The molecular weight excluding hydrogens is 316 g/mol. The first-order valence-electron chi connectivity index (χ1n) is 8.51. The SMILES string of the molecule is COC[C@@H]1CCCN1C(=O)c1cccc(-c2ccc(N(C)C)nn2)c1. The molecule has 3 rings (SSSR count). The number of anilines is 1. The second-order valence-corrected chi connectivity index (χ2v) is 6.50. The molecule has 0 bridgehead atoms. The Hall–Kier alpha value is -2.47. The molecule has 1 aromatic heterocycles. The number of aromatic nitrogens is 2. The Balaban J connectivity index is 1.82. The molecule has 2 heterocycles. The summed E-state index contributed by atoms with van der Waals surface area (Å²) in [4.78, 5) is 16.7. The van der Waals surface area contributed by atoms with E-state index in [9.17, 15) is 4.79 Å². The number of amides is 1. The number of carbonyl (C=O) groups is 1. The Morgan fingerprint density at radius 2 is 2.12 bits per heavy atom. The first kappa shape index (κ1) is 17.4. The van der Waals surface area contributed by atoms with E-state index in [-0.39, 0.29) is 11.9 Å². The lowest BCUT2D eigenvalue weighted by atomic mass is 10.1. The highest BCUT2D eigenvalue weighted by molar-refractivity contribution is 5.95. The van der Waals surface area contributed by atoms with Crippen molar-refractivity contribution in [2.45, 2.75) is 18.9 Å². The van der Waals surface area contributed by atoms with Gasteiger partial charge in [0.1, 0.15) is 0 Å². The Morgan fingerprint density at radius 3 is 2.80 bits per heavy atom. The van der Waals surface area contributed by atoms with Crippen molar-refractivity contribution in [3.05, 3.63) is 42.0 Å². The largest absolute Gasteiger partial charge is 0.383 e. The van der Waals surface area contributed by atoms with Crippen LogP contribution in [0.25, 0.3) is 11.3 Å². The van der Waals surface area contributed by atoms with E-state index in [1.165, 1.54) is 0 Å². The van der Waals surface area contributed by atoms with E-state index in [4.69, 9.17) is 4.74 Å². The summed E-state index contributed by atoms with van der Waals surface area (Å²) in [5.41, 5.74) is 2.33. The summed E-state index contributed by atoms with van der Waals surface area (Å²) >= 11 is 0. The summed E-state index contributed by atoms with van der Waals surface area (Å²) in [5.74, 6) is 0.856. The van der Waals surface area contributed by atoms with Gasteiger partial charge in [0.15, 0.2) is 5.82 Å². The summed E-state index contributed by atoms with van der Waals surface area (Å²) in [6.07, 6.45) is 2.02. The summed E-state index contributed by atoms with van der Waals surface area (Å²) in [6, 6.07) is 11.6. The van der Waals surface area contributed by atoms with Gasteiger partial charge in [0, 0.05) is 38.9 Å². The minimum absolute atomic E-state index is 0.0549. The highest BCUT2D eigenvalue weighted by atomic mass is 16.5. The molecule has 1 amide bonds. The van der Waals surface area contributed by atoms with Crippen LogP contribution < -0.4 is 4.90 Å². The van der Waals surface area contributed by atoms with Crippen LogP contribution in [0.3, 0.4) is 0 Å². The molecule has 1 atom stereocenters. The molecule has 1 aliphatic heterocycles. The topological polar surface area (TPSA) is 58.6 Å². The average Bonchev–Trinajstić information content (AvgIpc) is 3.10. The summed E-state index contributed by atoms with van der Waals surface area (Å²) in [7, 11) is 5.53. The first-order valence-corrected chi connectivity index (χ1v) is 8.51. The quantitative estimate of drug-likeness (QED) is 0.837. The fourth-order valence-electron chi connectivity index (χ4n) is 3.16. The first-order chi connectivity index (χ1) is 12.1. The molecule has 0 radical (unpaired) electrons. The molecule has 2 aromatic rings. The molecule has 6 heteroatoms. The van der Waals surface area contributed by atoms with Gasteiger partial charge >= 0.3 is 0 Å². The van der Waals surface area contributed by atoms with Gasteiger partial charge in [-0.2, -0.15) is 0 Å². The molecule has 132 valence electrons. The van der Waals surface area contributed by atoms with E-state index in [0.29, 0.717) is 12.2 Å². The highest BCUT2D eigenvalue weighted by Gasteiger charge is 2.29. The standard InChI is InChI=1S/C19H24N4O2/c1-22(2)18-10-9-17(20-21-18)14-6-4-7-15(12-14)19(24)23-11-5-8-16(23)13-25-3/h4,6-7,9-10,12,16H,5,8,11,13H2,1-3H3/t16-/m0/s1. The number of carbonyl (C=O) groups excluding carboxylic acids is 1. The number of nitrogens with zero attached hydrogens (tertiary/aromatic N) is 4. The van der Waals surface area contributed by atoms with Crippen LogP contribution in [-0.2, 0) is 4.74 Å². The van der Waals surface area contributed by atoms with E-state index >= 15 is 0 Å². The minimum Gasteiger partial charge on any atom is -0.383 e. The summed E-state index contributed by atoms with van der Waals surface area (Å²) in [5, 5.41) is 8.48. The third kappa shape index (κ3) is 3.79. The van der Waals surface area contributed by atoms with Crippen LogP contribution in [0.15, 0.2) is 36.4 Å². The van der Waals surface area contributed by atoms with Crippen molar-refractivity contribution >= 4 is 11.7 Å². The molecule has 0 saturated carbocycles. The van der Waals surface area contributed by atoms with Crippen molar-refractivity contribution < 1.29 is 9.53 Å². The van der Waals surface area contributed by atoms with Crippen LogP contribution in [0.5, 0.6) is 0 Å². The Bertz CT molecular complexity index is 730. The molecule has 1 saturated heterocycles. The molecule has 0 N–H and O–H groups in total. The molecule has 0 aliphatic carbocycles. The predicted octanol–water partition coefficient (Wildman–Crippen LogP) is 2.46. The molecule has 1 fully saturated rings. The van der Waals surface area contributed by atoms with E-state index < -0.39 is 0 Å². The van der Waals surface area contributed by atoms with Crippen LogP contribution in [0.2, 0.25) is 0 Å². The van der Waals surface area contributed by atoms with Gasteiger partial charge < -0.3 is 14.5 Å². The van der Waals surface area contributed by atoms with E-state index in [0.717, 1.165) is 36.5 Å². The zero-order valence-corrected chi connectivity index (χ0v) is 15.0. The van der Waals surface area contributed by atoms with Crippen molar-refractivity contribution in [3.63, 3.8) is 0 Å². The molecule has 1 aromatic carbocycles. The third-order valence-electron chi connectivity index (χ3n) is 4.51. The predicted molar refractivity (Wildman–Crippen MR) is 97.7 cm³/mol. The third-order valence-corrected chi connectivity index (χ3v) is 4.51. The summed E-state index contributed by atoms with van der Waals surface area (Å²) in [6.45, 7) is 1.37. The van der Waals surface area contributed by atoms with E-state index in [1.807, 2.05) is 60.3 Å². The van der Waals surface area contributed by atoms with Crippen LogP contribution >= 0.6 is 0 Å². The lowest BCUT2D eigenvalue weighted by Crippen LogP contribution is -2.38. The molecule has 0 spiro atoms. The van der Waals surface area contributed by atoms with Gasteiger partial charge in [-0.25, -0.2) is 0 Å². The Kier molecular flexibility index (Phi) is 5.28. The smallest absolute Gasteiger partial charge is 0.254 e. The van der Waals surface area contributed by atoms with Crippen LogP contribution in [-0.4, -0.2) is 61.4 Å². The number of likely N-dealkylation sites (tertiary alicyclic amines) is 1. The van der Waals surface area contributed by atoms with Gasteiger partial charge in [0.05, 0.1) is 18.3 Å². The normalized spacial score (nSPS) is 16.9. The fourth-order valence-corrected chi connectivity index (χ4v) is 3.16. The molecule has 1 aliphatic rings. The van der Waals surface area contributed by atoms with Gasteiger partial charge in [0.25, 0.3) is 5.91 Å². The number of methoxy groups -OCH3 is 1. The monoisotopic (exact) mass is 340 g/mol. The fraction of sp³-hybridized carbons (Fsp3) is 0.421. The second kappa shape index (κ2) is 7.61. The molecule has 0 unspecified atom stereocenters. The number of hydrogen-bond donors (Lipinski definition) is 0. The number of ether oxygens (including phenoxy) is 1. The number of rotatable bonds is 5. The molecule has 25 heavy (non-hydrogen) atoms. The van der Waals surface area contributed by atoms with Crippen molar-refractivity contribution in [1.29, 1.82) is 0 Å².